The van der Waals surface area contributed by atoms with Gasteiger partial charge < -0.3 is 5.32 Å². The standard InChI is InChI=1S/C10H8BrClFN5/c11-8-5(12)2-1-3-7(8)16-9-6(13)4-15-10(17-9)18-14/h1-4H,14H2,(H2,15,16,17,18). The van der Waals surface area contributed by atoms with Crippen molar-refractivity contribution in [1.82, 2.24) is 9.97 Å². The summed E-state index contributed by atoms with van der Waals surface area (Å²) in [4.78, 5) is 7.50. The molecule has 0 radical (unpaired) electrons. The van der Waals surface area contributed by atoms with Crippen LogP contribution in [0.4, 0.5) is 21.8 Å². The number of nitrogen functional groups attached to an aromatic ring is 1. The second kappa shape index (κ2) is 5.47. The van der Waals surface area contributed by atoms with Gasteiger partial charge in [-0.05, 0) is 28.1 Å². The molecule has 94 valence electrons. The van der Waals surface area contributed by atoms with Crippen molar-refractivity contribution in [2.45, 2.75) is 0 Å². The first-order valence-corrected chi connectivity index (χ1v) is 5.99. The van der Waals surface area contributed by atoms with E-state index in [0.29, 0.717) is 15.2 Å². The van der Waals surface area contributed by atoms with Gasteiger partial charge in [0.2, 0.25) is 5.95 Å². The summed E-state index contributed by atoms with van der Waals surface area (Å²) in [6.45, 7) is 0. The summed E-state index contributed by atoms with van der Waals surface area (Å²) in [5, 5.41) is 3.31. The van der Waals surface area contributed by atoms with E-state index >= 15 is 0 Å². The molecule has 0 amide bonds. The van der Waals surface area contributed by atoms with Crippen LogP contribution >= 0.6 is 27.5 Å². The van der Waals surface area contributed by atoms with Crippen molar-refractivity contribution in [3.05, 3.63) is 39.7 Å². The van der Waals surface area contributed by atoms with Gasteiger partial charge >= 0.3 is 0 Å². The van der Waals surface area contributed by atoms with Gasteiger partial charge in [-0.1, -0.05) is 17.7 Å². The first kappa shape index (κ1) is 13.0. The lowest BCUT2D eigenvalue weighted by molar-refractivity contribution is 0.619. The van der Waals surface area contributed by atoms with Crippen LogP contribution in [0.2, 0.25) is 5.02 Å². The molecule has 1 heterocycles. The third-order valence-electron chi connectivity index (χ3n) is 2.08. The predicted octanol–water partition coefficient (Wildman–Crippen LogP) is 3.06. The molecule has 0 unspecified atom stereocenters. The average Bonchev–Trinajstić information content (AvgIpc) is 2.37. The summed E-state index contributed by atoms with van der Waals surface area (Å²) in [5.74, 6) is 4.67. The van der Waals surface area contributed by atoms with Crippen LogP contribution in [0.25, 0.3) is 0 Å². The molecule has 0 saturated heterocycles. The van der Waals surface area contributed by atoms with Crippen LogP contribution in [0.1, 0.15) is 0 Å². The fourth-order valence-corrected chi connectivity index (χ4v) is 1.79. The van der Waals surface area contributed by atoms with Crippen molar-refractivity contribution in [2.24, 2.45) is 5.84 Å². The summed E-state index contributed by atoms with van der Waals surface area (Å²) in [6, 6.07) is 5.17. The van der Waals surface area contributed by atoms with Crippen molar-refractivity contribution in [3.8, 4) is 0 Å². The molecular weight excluding hydrogens is 324 g/mol. The zero-order valence-electron chi connectivity index (χ0n) is 8.92. The number of nitrogens with one attached hydrogen (secondary N) is 2. The van der Waals surface area contributed by atoms with Crippen LogP contribution in [0.5, 0.6) is 0 Å². The van der Waals surface area contributed by atoms with E-state index in [-0.39, 0.29) is 11.8 Å². The molecule has 0 aliphatic carbocycles. The van der Waals surface area contributed by atoms with Gasteiger partial charge in [-0.15, -0.1) is 0 Å². The van der Waals surface area contributed by atoms with Gasteiger partial charge in [0.25, 0.3) is 0 Å². The molecule has 2 aromatic rings. The van der Waals surface area contributed by atoms with E-state index in [9.17, 15) is 4.39 Å². The van der Waals surface area contributed by atoms with Gasteiger partial charge in [0.05, 0.1) is 21.4 Å². The van der Waals surface area contributed by atoms with Gasteiger partial charge in [-0.25, -0.2) is 15.2 Å². The van der Waals surface area contributed by atoms with E-state index in [2.05, 4.69) is 36.6 Å². The van der Waals surface area contributed by atoms with Gasteiger partial charge in [0.1, 0.15) is 0 Å². The van der Waals surface area contributed by atoms with Gasteiger partial charge in [-0.3, -0.25) is 5.43 Å². The normalized spacial score (nSPS) is 10.2. The van der Waals surface area contributed by atoms with Gasteiger partial charge in [-0.2, -0.15) is 4.98 Å². The lowest BCUT2D eigenvalue weighted by Crippen LogP contribution is -2.12. The zero-order valence-corrected chi connectivity index (χ0v) is 11.3. The van der Waals surface area contributed by atoms with E-state index in [0.717, 1.165) is 6.20 Å². The first-order valence-electron chi connectivity index (χ1n) is 4.82. The van der Waals surface area contributed by atoms with Crippen LogP contribution in [-0.2, 0) is 0 Å². The molecule has 8 heteroatoms. The molecule has 18 heavy (non-hydrogen) atoms. The van der Waals surface area contributed by atoms with Crippen LogP contribution in [0, 0.1) is 5.82 Å². The van der Waals surface area contributed by atoms with Crippen LogP contribution in [0.15, 0.2) is 28.9 Å². The number of nitrogens with zero attached hydrogens (tertiary/aromatic N) is 2. The maximum absolute atomic E-state index is 13.5. The van der Waals surface area contributed by atoms with E-state index in [1.54, 1.807) is 18.2 Å². The smallest absolute Gasteiger partial charge is 0.239 e. The number of hydrogen-bond acceptors (Lipinski definition) is 5. The molecule has 0 saturated carbocycles. The lowest BCUT2D eigenvalue weighted by Gasteiger charge is -2.10. The molecule has 4 N–H and O–H groups in total. The number of hydrazine groups is 1. The molecule has 0 spiro atoms. The Hall–Kier alpha value is -1.44. The number of rotatable bonds is 3. The third-order valence-corrected chi connectivity index (χ3v) is 3.48. The van der Waals surface area contributed by atoms with E-state index in [1.807, 2.05) is 0 Å². The largest absolute Gasteiger partial charge is 0.337 e. The molecule has 0 atom stereocenters. The quantitative estimate of drug-likeness (QED) is 0.595. The summed E-state index contributed by atoms with van der Waals surface area (Å²) in [7, 11) is 0. The Morgan fingerprint density at radius 3 is 2.89 bits per heavy atom. The molecular formula is C10H8BrClFN5. The molecule has 0 aliphatic rings. The van der Waals surface area contributed by atoms with E-state index in [1.165, 1.54) is 0 Å². The molecule has 1 aromatic carbocycles. The Labute approximate surface area is 116 Å². The fraction of sp³-hybridized carbons (Fsp3) is 0. The topological polar surface area (TPSA) is 75.9 Å². The minimum atomic E-state index is -0.596. The Morgan fingerprint density at radius 2 is 2.17 bits per heavy atom. The summed E-state index contributed by atoms with van der Waals surface area (Å²) < 4.78 is 14.1. The minimum Gasteiger partial charge on any atom is -0.337 e. The van der Waals surface area contributed by atoms with Crippen molar-refractivity contribution >= 4 is 45.0 Å². The van der Waals surface area contributed by atoms with Crippen LogP contribution in [0.3, 0.4) is 0 Å². The highest BCUT2D eigenvalue weighted by molar-refractivity contribution is 9.10. The number of nitrogens with two attached hydrogens (primary N) is 1. The number of halogens is 3. The Morgan fingerprint density at radius 1 is 1.39 bits per heavy atom. The number of aromatic nitrogens is 2. The van der Waals surface area contributed by atoms with Crippen LogP contribution < -0.4 is 16.6 Å². The molecule has 0 fully saturated rings. The molecule has 0 aliphatic heterocycles. The van der Waals surface area contributed by atoms with E-state index in [4.69, 9.17) is 17.4 Å². The monoisotopic (exact) mass is 331 g/mol. The first-order chi connectivity index (χ1) is 8.61. The molecule has 5 nitrogen and oxygen atoms in total. The molecule has 2 rings (SSSR count). The van der Waals surface area contributed by atoms with Crippen molar-refractivity contribution in [1.29, 1.82) is 0 Å². The lowest BCUT2D eigenvalue weighted by atomic mass is 10.3. The number of benzene rings is 1. The Kier molecular flexibility index (Phi) is 3.95. The average molecular weight is 333 g/mol. The van der Waals surface area contributed by atoms with Crippen molar-refractivity contribution < 1.29 is 4.39 Å². The fourth-order valence-electron chi connectivity index (χ4n) is 1.25. The third kappa shape index (κ3) is 2.69. The van der Waals surface area contributed by atoms with Crippen molar-refractivity contribution in [3.63, 3.8) is 0 Å². The van der Waals surface area contributed by atoms with Gasteiger partial charge in [0.15, 0.2) is 11.6 Å². The van der Waals surface area contributed by atoms with Crippen LogP contribution in [-0.4, -0.2) is 9.97 Å². The number of anilines is 3. The summed E-state index contributed by atoms with van der Waals surface area (Å²) in [6.07, 6.45) is 1.02. The van der Waals surface area contributed by atoms with Gasteiger partial charge in [0, 0.05) is 0 Å². The SMILES string of the molecule is NNc1ncc(F)c(Nc2cccc(Cl)c2Br)n1. The highest BCUT2D eigenvalue weighted by atomic mass is 79.9. The van der Waals surface area contributed by atoms with E-state index < -0.39 is 5.82 Å². The highest BCUT2D eigenvalue weighted by Gasteiger charge is 2.09. The maximum Gasteiger partial charge on any atom is 0.239 e. The van der Waals surface area contributed by atoms with Crippen molar-refractivity contribution in [2.75, 3.05) is 10.7 Å². The maximum atomic E-state index is 13.5. The number of hydrogen-bond donors (Lipinski definition) is 3. The minimum absolute atomic E-state index is 0.000849. The summed E-state index contributed by atoms with van der Waals surface area (Å²) >= 11 is 9.23. The Balaban J connectivity index is 2.36. The second-order valence-electron chi connectivity index (χ2n) is 3.26. The molecule has 1 aromatic heterocycles. The second-order valence-corrected chi connectivity index (χ2v) is 4.46. The summed E-state index contributed by atoms with van der Waals surface area (Å²) in [5.41, 5.74) is 2.83. The highest BCUT2D eigenvalue weighted by Crippen LogP contribution is 2.32. The zero-order chi connectivity index (χ0) is 13.1. The molecule has 0 bridgehead atoms. The predicted molar refractivity (Wildman–Crippen MR) is 72.2 cm³/mol. The Bertz CT molecular complexity index is 580.